The summed E-state index contributed by atoms with van der Waals surface area (Å²) in [6, 6.07) is 15.2. The Balaban J connectivity index is 1.74. The molecule has 0 radical (unpaired) electrons. The van der Waals surface area contributed by atoms with E-state index in [0.29, 0.717) is 22.6 Å². The summed E-state index contributed by atoms with van der Waals surface area (Å²) in [5.74, 6) is -0.361. The maximum atomic E-state index is 13.0. The topological polar surface area (TPSA) is 116 Å². The van der Waals surface area contributed by atoms with Crippen molar-refractivity contribution in [2.75, 3.05) is 13.7 Å². The fourth-order valence-corrected chi connectivity index (χ4v) is 3.54. The summed E-state index contributed by atoms with van der Waals surface area (Å²) in [6.45, 7) is 1.85. The van der Waals surface area contributed by atoms with Gasteiger partial charge in [-0.2, -0.15) is 0 Å². The van der Waals surface area contributed by atoms with E-state index in [1.807, 2.05) is 0 Å². The molecule has 2 N–H and O–H groups in total. The van der Waals surface area contributed by atoms with E-state index in [1.54, 1.807) is 68.6 Å². The molecule has 1 aromatic heterocycles. The summed E-state index contributed by atoms with van der Waals surface area (Å²) >= 11 is 0. The van der Waals surface area contributed by atoms with E-state index >= 15 is 0 Å². The molecule has 1 atom stereocenters. The van der Waals surface area contributed by atoms with Crippen molar-refractivity contribution in [3.05, 3.63) is 89.4 Å². The van der Waals surface area contributed by atoms with Crippen molar-refractivity contribution in [1.82, 2.24) is 10.6 Å². The molecule has 2 aromatic carbocycles. The average Bonchev–Trinajstić information content (AvgIpc) is 3.39. The minimum Gasteiger partial charge on any atom is -0.497 e. The lowest BCUT2D eigenvalue weighted by Crippen LogP contribution is -2.45. The van der Waals surface area contributed by atoms with E-state index in [0.717, 1.165) is 0 Å². The molecule has 9 heteroatoms. The molecule has 0 fully saturated rings. The van der Waals surface area contributed by atoms with Crippen LogP contribution in [0.3, 0.4) is 0 Å². The van der Waals surface area contributed by atoms with Crippen molar-refractivity contribution in [2.45, 2.75) is 13.0 Å². The first-order chi connectivity index (χ1) is 16.5. The Morgan fingerprint density at radius 2 is 1.79 bits per heavy atom. The van der Waals surface area contributed by atoms with Crippen LogP contribution in [0.1, 0.15) is 34.6 Å². The second kappa shape index (κ2) is 9.95. The zero-order chi connectivity index (χ0) is 24.1. The van der Waals surface area contributed by atoms with Gasteiger partial charge in [-0.15, -0.1) is 0 Å². The highest BCUT2D eigenvalue weighted by Crippen LogP contribution is 2.34. The molecule has 9 nitrogen and oxygen atoms in total. The van der Waals surface area contributed by atoms with Crippen molar-refractivity contribution < 1.29 is 33.0 Å². The number of hydrogen-bond acceptors (Lipinski definition) is 7. The number of hydrogen-bond donors (Lipinski definition) is 2. The van der Waals surface area contributed by atoms with Crippen molar-refractivity contribution >= 4 is 23.7 Å². The maximum absolute atomic E-state index is 13.0. The Morgan fingerprint density at radius 3 is 2.47 bits per heavy atom. The number of ether oxygens (including phenoxy) is 3. The molecule has 34 heavy (non-hydrogen) atoms. The Hall–Kier alpha value is -4.53. The van der Waals surface area contributed by atoms with Gasteiger partial charge in [-0.3, -0.25) is 0 Å². The molecule has 0 spiro atoms. The second-order valence-electron chi connectivity index (χ2n) is 7.21. The highest BCUT2D eigenvalue weighted by atomic mass is 16.5. The normalized spacial score (nSPS) is 15.2. The number of furan rings is 1. The third-order valence-electron chi connectivity index (χ3n) is 5.07. The summed E-state index contributed by atoms with van der Waals surface area (Å²) in [6.07, 6.45) is 1.37. The standard InChI is InChI=1S/C25H22N2O7/c1-3-32-24(29)20-21(15-9-11-17(31-2)12-10-15)26-25(30)27-22(20)16-6-4-7-18(14-16)34-23(28)19-8-5-13-33-19/h4-14,22H,3H2,1-2H3,(H2,26,27,30). The van der Waals surface area contributed by atoms with Crippen LogP contribution in [0.2, 0.25) is 0 Å². The van der Waals surface area contributed by atoms with Crippen LogP contribution >= 0.6 is 0 Å². The first kappa shape index (κ1) is 22.7. The third kappa shape index (κ3) is 4.78. The van der Waals surface area contributed by atoms with Gasteiger partial charge in [0.2, 0.25) is 5.76 Å². The summed E-state index contributed by atoms with van der Waals surface area (Å²) in [7, 11) is 1.55. The fourth-order valence-electron chi connectivity index (χ4n) is 3.54. The van der Waals surface area contributed by atoms with Crippen LogP contribution in [0.4, 0.5) is 4.79 Å². The number of rotatable bonds is 7. The minimum absolute atomic E-state index is 0.0504. The smallest absolute Gasteiger partial charge is 0.379 e. The van der Waals surface area contributed by atoms with Crippen LogP contribution in [0, 0.1) is 0 Å². The number of nitrogens with one attached hydrogen (secondary N) is 2. The van der Waals surface area contributed by atoms with Gasteiger partial charge in [0.15, 0.2) is 0 Å². The predicted octanol–water partition coefficient (Wildman–Crippen LogP) is 3.84. The first-order valence-electron chi connectivity index (χ1n) is 10.5. The summed E-state index contributed by atoms with van der Waals surface area (Å²) < 4.78 is 21.0. The van der Waals surface area contributed by atoms with Crippen molar-refractivity contribution in [3.8, 4) is 11.5 Å². The largest absolute Gasteiger partial charge is 0.497 e. The Bertz CT molecular complexity index is 1230. The molecule has 2 amide bonds. The quantitative estimate of drug-likeness (QED) is 0.405. The van der Waals surface area contributed by atoms with Crippen LogP contribution in [0.25, 0.3) is 5.70 Å². The Labute approximate surface area is 195 Å². The summed E-state index contributed by atoms with van der Waals surface area (Å²) in [4.78, 5) is 37.9. The van der Waals surface area contributed by atoms with Gasteiger partial charge >= 0.3 is 18.0 Å². The lowest BCUT2D eigenvalue weighted by Gasteiger charge is -2.29. The molecule has 0 aliphatic carbocycles. The van der Waals surface area contributed by atoms with E-state index < -0.39 is 24.0 Å². The van der Waals surface area contributed by atoms with Crippen molar-refractivity contribution in [3.63, 3.8) is 0 Å². The molecule has 0 saturated carbocycles. The van der Waals surface area contributed by atoms with Gasteiger partial charge < -0.3 is 29.3 Å². The molecule has 174 valence electrons. The van der Waals surface area contributed by atoms with Gasteiger partial charge in [-0.25, -0.2) is 14.4 Å². The maximum Gasteiger partial charge on any atom is 0.379 e. The van der Waals surface area contributed by atoms with Gasteiger partial charge in [0.1, 0.15) is 11.5 Å². The number of urea groups is 1. The first-order valence-corrected chi connectivity index (χ1v) is 10.5. The zero-order valence-corrected chi connectivity index (χ0v) is 18.5. The highest BCUT2D eigenvalue weighted by Gasteiger charge is 2.34. The van der Waals surface area contributed by atoms with Crippen LogP contribution < -0.4 is 20.1 Å². The van der Waals surface area contributed by atoms with E-state index in [-0.39, 0.29) is 23.7 Å². The molecule has 0 saturated heterocycles. The molecule has 4 rings (SSSR count). The third-order valence-corrected chi connectivity index (χ3v) is 5.07. The number of amides is 2. The Kier molecular flexibility index (Phi) is 6.63. The van der Waals surface area contributed by atoms with Crippen molar-refractivity contribution in [1.29, 1.82) is 0 Å². The summed E-state index contributed by atoms with van der Waals surface area (Å²) in [5, 5.41) is 5.47. The number of methoxy groups -OCH3 is 1. The van der Waals surface area contributed by atoms with E-state index in [1.165, 1.54) is 12.3 Å². The number of carbonyl (C=O) groups excluding carboxylic acids is 3. The van der Waals surface area contributed by atoms with Crippen LogP contribution in [0.15, 0.2) is 76.9 Å². The predicted molar refractivity (Wildman–Crippen MR) is 121 cm³/mol. The van der Waals surface area contributed by atoms with Gasteiger partial charge in [0.05, 0.1) is 37.3 Å². The molecule has 1 unspecified atom stereocenters. The van der Waals surface area contributed by atoms with E-state index in [9.17, 15) is 14.4 Å². The lowest BCUT2D eigenvalue weighted by molar-refractivity contribution is -0.138. The molecular weight excluding hydrogens is 440 g/mol. The van der Waals surface area contributed by atoms with Gasteiger partial charge in [0, 0.05) is 0 Å². The molecule has 3 aromatic rings. The van der Waals surface area contributed by atoms with Gasteiger partial charge in [-0.05, 0) is 66.6 Å². The average molecular weight is 462 g/mol. The molecular formula is C25H22N2O7. The SMILES string of the molecule is CCOC(=O)C1=C(c2ccc(OC)cc2)NC(=O)NC1c1cccc(OC(=O)c2ccco2)c1. The monoisotopic (exact) mass is 462 g/mol. The fraction of sp³-hybridized carbons (Fsp3) is 0.160. The summed E-state index contributed by atoms with van der Waals surface area (Å²) in [5.41, 5.74) is 1.65. The van der Waals surface area contributed by atoms with Crippen molar-refractivity contribution in [2.24, 2.45) is 0 Å². The molecule has 1 aliphatic rings. The molecule has 1 aliphatic heterocycles. The van der Waals surface area contributed by atoms with Crippen LogP contribution in [-0.2, 0) is 9.53 Å². The second-order valence-corrected chi connectivity index (χ2v) is 7.21. The van der Waals surface area contributed by atoms with E-state index in [4.69, 9.17) is 18.6 Å². The van der Waals surface area contributed by atoms with E-state index in [2.05, 4.69) is 10.6 Å². The minimum atomic E-state index is -0.854. The zero-order valence-electron chi connectivity index (χ0n) is 18.5. The highest BCUT2D eigenvalue weighted by molar-refractivity contribution is 6.04. The van der Waals surface area contributed by atoms with Crippen LogP contribution in [0.5, 0.6) is 11.5 Å². The van der Waals surface area contributed by atoms with Crippen LogP contribution in [-0.4, -0.2) is 31.7 Å². The molecule has 2 heterocycles. The Morgan fingerprint density at radius 1 is 1.00 bits per heavy atom. The van der Waals surface area contributed by atoms with Gasteiger partial charge in [-0.1, -0.05) is 12.1 Å². The number of esters is 2. The number of benzene rings is 2. The number of carbonyl (C=O) groups is 3. The molecule has 0 bridgehead atoms. The lowest BCUT2D eigenvalue weighted by atomic mass is 9.92. The van der Waals surface area contributed by atoms with Gasteiger partial charge in [0.25, 0.3) is 0 Å².